The van der Waals surface area contributed by atoms with Crippen LogP contribution in [-0.4, -0.2) is 43.1 Å². The number of rotatable bonds is 8. The van der Waals surface area contributed by atoms with E-state index in [4.69, 9.17) is 0 Å². The first-order chi connectivity index (χ1) is 12.9. The molecule has 0 aliphatic heterocycles. The molecule has 1 amide bonds. The second-order valence-electron chi connectivity index (χ2n) is 7.18. The van der Waals surface area contributed by atoms with Gasteiger partial charge in [0, 0.05) is 31.3 Å². The Morgan fingerprint density at radius 1 is 1.44 bits per heavy atom. The summed E-state index contributed by atoms with van der Waals surface area (Å²) in [5, 5.41) is 19.8. The predicted octanol–water partition coefficient (Wildman–Crippen LogP) is 3.53. The molecule has 3 rings (SSSR count). The van der Waals surface area contributed by atoms with E-state index in [0.29, 0.717) is 28.1 Å². The van der Waals surface area contributed by atoms with Crippen LogP contribution >= 0.6 is 11.8 Å². The fourth-order valence-corrected chi connectivity index (χ4v) is 3.59. The van der Waals surface area contributed by atoms with Gasteiger partial charge in [-0.1, -0.05) is 13.8 Å². The molecule has 1 saturated carbocycles. The molecule has 1 aromatic carbocycles. The summed E-state index contributed by atoms with van der Waals surface area (Å²) in [6.07, 6.45) is 4.47. The number of hydrogen-bond donors (Lipinski definition) is 0. The first-order valence-electron chi connectivity index (χ1n) is 8.98. The van der Waals surface area contributed by atoms with Gasteiger partial charge in [-0.2, -0.15) is 0 Å². The van der Waals surface area contributed by atoms with Gasteiger partial charge in [0.2, 0.25) is 0 Å². The lowest BCUT2D eigenvalue weighted by Crippen LogP contribution is -2.34. The SMILES string of the molecule is CC(C)CCN(C(=O)c1ccc(Sc2nncn2C)c([N+](=O)[O-])c1)C1CC1. The second kappa shape index (κ2) is 8.08. The number of aryl methyl sites for hydroxylation is 1. The van der Waals surface area contributed by atoms with E-state index in [1.54, 1.807) is 23.7 Å². The van der Waals surface area contributed by atoms with Crippen LogP contribution < -0.4 is 0 Å². The number of carbonyl (C=O) groups is 1. The lowest BCUT2D eigenvalue weighted by atomic mass is 10.1. The Kier molecular flexibility index (Phi) is 5.79. The van der Waals surface area contributed by atoms with E-state index < -0.39 is 4.92 Å². The topological polar surface area (TPSA) is 94.2 Å². The van der Waals surface area contributed by atoms with E-state index in [1.807, 2.05) is 4.90 Å². The molecule has 0 N–H and O–H groups in total. The van der Waals surface area contributed by atoms with Crippen LogP contribution in [0, 0.1) is 16.0 Å². The van der Waals surface area contributed by atoms with E-state index in [1.165, 1.54) is 12.4 Å². The Bertz CT molecular complexity index is 847. The molecule has 1 aromatic heterocycles. The standard InChI is InChI=1S/C18H23N5O3S/c1-12(2)8-9-22(14-5-6-14)17(24)13-4-7-16(15(10-13)23(25)26)27-18-20-19-11-21(18)3/h4,7,10-12,14H,5-6,8-9H2,1-3H3. The lowest BCUT2D eigenvalue weighted by molar-refractivity contribution is -0.387. The molecule has 1 aliphatic rings. The summed E-state index contributed by atoms with van der Waals surface area (Å²) >= 11 is 1.16. The van der Waals surface area contributed by atoms with Crippen LogP contribution in [0.25, 0.3) is 0 Å². The summed E-state index contributed by atoms with van der Waals surface area (Å²) in [5.74, 6) is 0.370. The highest BCUT2D eigenvalue weighted by molar-refractivity contribution is 7.99. The Morgan fingerprint density at radius 2 is 2.19 bits per heavy atom. The number of amides is 1. The molecule has 9 heteroatoms. The van der Waals surface area contributed by atoms with Gasteiger partial charge in [0.1, 0.15) is 6.33 Å². The zero-order valence-electron chi connectivity index (χ0n) is 15.7. The highest BCUT2D eigenvalue weighted by Crippen LogP contribution is 2.35. The highest BCUT2D eigenvalue weighted by atomic mass is 32.2. The number of aromatic nitrogens is 3. The molecule has 2 aromatic rings. The molecule has 0 saturated heterocycles. The van der Waals surface area contributed by atoms with Gasteiger partial charge in [0.15, 0.2) is 5.16 Å². The van der Waals surface area contributed by atoms with Crippen molar-refractivity contribution in [3.05, 3.63) is 40.2 Å². The van der Waals surface area contributed by atoms with Crippen molar-refractivity contribution in [2.75, 3.05) is 6.54 Å². The number of benzene rings is 1. The largest absolute Gasteiger partial charge is 0.336 e. The van der Waals surface area contributed by atoms with Crippen LogP contribution in [0.1, 0.15) is 43.5 Å². The molecule has 0 spiro atoms. The Morgan fingerprint density at radius 3 is 2.74 bits per heavy atom. The highest BCUT2D eigenvalue weighted by Gasteiger charge is 2.33. The molecule has 1 heterocycles. The third-order valence-corrected chi connectivity index (χ3v) is 5.59. The van der Waals surface area contributed by atoms with Gasteiger partial charge in [-0.3, -0.25) is 14.9 Å². The molecule has 1 aliphatic carbocycles. The van der Waals surface area contributed by atoms with Crippen LogP contribution in [-0.2, 0) is 7.05 Å². The molecule has 0 radical (unpaired) electrons. The van der Waals surface area contributed by atoms with Gasteiger partial charge >= 0.3 is 0 Å². The predicted molar refractivity (Wildman–Crippen MR) is 102 cm³/mol. The van der Waals surface area contributed by atoms with Crippen molar-refractivity contribution in [2.24, 2.45) is 13.0 Å². The maximum atomic E-state index is 13.0. The van der Waals surface area contributed by atoms with Gasteiger partial charge in [-0.25, -0.2) is 0 Å². The van der Waals surface area contributed by atoms with Crippen LogP contribution in [0.15, 0.2) is 34.6 Å². The molecular formula is C18H23N5O3S. The van der Waals surface area contributed by atoms with Crippen LogP contribution in [0.3, 0.4) is 0 Å². The Balaban J connectivity index is 1.85. The maximum Gasteiger partial charge on any atom is 0.284 e. The van der Waals surface area contributed by atoms with Gasteiger partial charge in [-0.15, -0.1) is 10.2 Å². The summed E-state index contributed by atoms with van der Waals surface area (Å²) in [5.41, 5.74) is 0.271. The monoisotopic (exact) mass is 389 g/mol. The third-order valence-electron chi connectivity index (χ3n) is 4.47. The summed E-state index contributed by atoms with van der Waals surface area (Å²) in [6.45, 7) is 4.93. The number of nitrogens with zero attached hydrogens (tertiary/aromatic N) is 5. The van der Waals surface area contributed by atoms with E-state index >= 15 is 0 Å². The molecular weight excluding hydrogens is 366 g/mol. The molecule has 0 bridgehead atoms. The number of nitro groups is 1. The Hall–Kier alpha value is -2.42. The molecule has 27 heavy (non-hydrogen) atoms. The average Bonchev–Trinajstić information content (AvgIpc) is 3.38. The van der Waals surface area contributed by atoms with Crippen molar-refractivity contribution < 1.29 is 9.72 Å². The number of nitro benzene ring substituents is 1. The first kappa shape index (κ1) is 19.3. The second-order valence-corrected chi connectivity index (χ2v) is 8.19. The van der Waals surface area contributed by atoms with Gasteiger partial charge < -0.3 is 9.47 Å². The minimum Gasteiger partial charge on any atom is -0.336 e. The van der Waals surface area contributed by atoms with E-state index in [2.05, 4.69) is 24.0 Å². The van der Waals surface area contributed by atoms with Crippen molar-refractivity contribution in [2.45, 2.75) is 49.2 Å². The zero-order chi connectivity index (χ0) is 19.6. The molecule has 8 nitrogen and oxygen atoms in total. The summed E-state index contributed by atoms with van der Waals surface area (Å²) < 4.78 is 1.69. The third kappa shape index (κ3) is 4.65. The van der Waals surface area contributed by atoms with E-state index in [0.717, 1.165) is 31.0 Å². The molecule has 0 atom stereocenters. The minimum absolute atomic E-state index is 0.0894. The van der Waals surface area contributed by atoms with Crippen molar-refractivity contribution in [1.29, 1.82) is 0 Å². The number of carbonyl (C=O) groups excluding carboxylic acids is 1. The van der Waals surface area contributed by atoms with E-state index in [9.17, 15) is 14.9 Å². The zero-order valence-corrected chi connectivity index (χ0v) is 16.5. The van der Waals surface area contributed by atoms with Crippen molar-refractivity contribution in [1.82, 2.24) is 19.7 Å². The van der Waals surface area contributed by atoms with Crippen molar-refractivity contribution >= 4 is 23.4 Å². The first-order valence-corrected chi connectivity index (χ1v) is 9.79. The van der Waals surface area contributed by atoms with Gasteiger partial charge in [-0.05, 0) is 49.1 Å². The maximum absolute atomic E-state index is 13.0. The van der Waals surface area contributed by atoms with E-state index in [-0.39, 0.29) is 17.6 Å². The van der Waals surface area contributed by atoms with Crippen LogP contribution in [0.2, 0.25) is 0 Å². The normalized spacial score (nSPS) is 13.8. The van der Waals surface area contributed by atoms with Gasteiger partial charge in [0.05, 0.1) is 9.82 Å². The fraction of sp³-hybridized carbons (Fsp3) is 0.500. The quantitative estimate of drug-likeness (QED) is 0.506. The molecule has 144 valence electrons. The Labute approximate surface area is 162 Å². The summed E-state index contributed by atoms with van der Waals surface area (Å²) in [6, 6.07) is 4.94. The molecule has 0 unspecified atom stereocenters. The average molecular weight is 389 g/mol. The lowest BCUT2D eigenvalue weighted by Gasteiger charge is -2.23. The fourth-order valence-electron chi connectivity index (χ4n) is 2.74. The van der Waals surface area contributed by atoms with Gasteiger partial charge in [0.25, 0.3) is 11.6 Å². The summed E-state index contributed by atoms with van der Waals surface area (Å²) in [7, 11) is 1.77. The summed E-state index contributed by atoms with van der Waals surface area (Å²) in [4.78, 5) is 26.4. The minimum atomic E-state index is -0.453. The van der Waals surface area contributed by atoms with Crippen molar-refractivity contribution in [3.63, 3.8) is 0 Å². The van der Waals surface area contributed by atoms with Crippen LogP contribution in [0.5, 0.6) is 0 Å². The smallest absolute Gasteiger partial charge is 0.284 e. The van der Waals surface area contributed by atoms with Crippen molar-refractivity contribution in [3.8, 4) is 0 Å². The molecule has 1 fully saturated rings. The number of hydrogen-bond acceptors (Lipinski definition) is 6. The van der Waals surface area contributed by atoms with Crippen LogP contribution in [0.4, 0.5) is 5.69 Å².